The Bertz CT molecular complexity index is 3400. The molecule has 0 unspecified atom stereocenters. The van der Waals surface area contributed by atoms with Gasteiger partial charge in [0.05, 0.1) is 0 Å². The van der Waals surface area contributed by atoms with Crippen LogP contribution in [0.25, 0.3) is 33.4 Å². The van der Waals surface area contributed by atoms with E-state index in [4.69, 9.17) is 0 Å². The highest BCUT2D eigenvalue weighted by molar-refractivity contribution is 7.00. The average Bonchev–Trinajstić information content (AvgIpc) is 3.66. The molecule has 0 saturated carbocycles. The predicted molar refractivity (Wildman–Crippen MR) is 288 cm³/mol. The lowest BCUT2D eigenvalue weighted by atomic mass is 9.33. The van der Waals surface area contributed by atoms with Gasteiger partial charge in [0.15, 0.2) is 0 Å². The van der Waals surface area contributed by atoms with Crippen molar-refractivity contribution in [1.29, 1.82) is 0 Å². The van der Waals surface area contributed by atoms with Gasteiger partial charge in [-0.2, -0.15) is 0 Å². The number of aryl methyl sites for hydroxylation is 2. The van der Waals surface area contributed by atoms with Gasteiger partial charge in [-0.1, -0.05) is 172 Å². The van der Waals surface area contributed by atoms with E-state index >= 15 is 0 Å². The lowest BCUT2D eigenvalue weighted by Crippen LogP contribution is -2.61. The molecule has 0 saturated heterocycles. The molecule has 0 N–H and O–H groups in total. The van der Waals surface area contributed by atoms with Gasteiger partial charge >= 0.3 is 0 Å². The van der Waals surface area contributed by atoms with Gasteiger partial charge in [-0.25, -0.2) is 0 Å². The Kier molecular flexibility index (Phi) is 8.73. The molecule has 330 valence electrons. The number of fused-ring (bicyclic) bond motifs is 10. The maximum atomic E-state index is 2.65. The molecular formula is C64H61BN2. The van der Waals surface area contributed by atoms with Crippen LogP contribution in [0.15, 0.2) is 152 Å². The van der Waals surface area contributed by atoms with Crippen LogP contribution >= 0.6 is 0 Å². The minimum atomic E-state index is -0.135. The molecule has 0 spiro atoms. The van der Waals surface area contributed by atoms with Crippen molar-refractivity contribution >= 4 is 57.2 Å². The Morgan fingerprint density at radius 3 is 1.43 bits per heavy atom. The first-order chi connectivity index (χ1) is 31.8. The van der Waals surface area contributed by atoms with Gasteiger partial charge in [0.2, 0.25) is 0 Å². The van der Waals surface area contributed by atoms with E-state index < -0.39 is 0 Å². The Balaban J connectivity index is 1.18. The molecule has 4 aliphatic rings. The molecule has 2 nitrogen and oxygen atoms in total. The minimum absolute atomic E-state index is 0.0000529. The monoisotopic (exact) mass is 868 g/mol. The predicted octanol–water partition coefficient (Wildman–Crippen LogP) is 15.3. The van der Waals surface area contributed by atoms with E-state index in [0.717, 1.165) is 0 Å². The lowest BCUT2D eigenvalue weighted by Gasteiger charge is -2.45. The van der Waals surface area contributed by atoms with Crippen LogP contribution in [-0.4, -0.2) is 6.71 Å². The molecule has 0 amide bonds. The second-order valence-electron chi connectivity index (χ2n) is 23.1. The second-order valence-corrected chi connectivity index (χ2v) is 23.1. The molecule has 0 atom stereocenters. The summed E-state index contributed by atoms with van der Waals surface area (Å²) in [5.41, 5.74) is 29.9. The van der Waals surface area contributed by atoms with Gasteiger partial charge in [-0.3, -0.25) is 0 Å². The standard InChI is InChI=1S/C64H61BN2/c1-38-18-17-19-39(2)59(38)40-24-31-55-54(32-40)65-53-30-25-41(61(3,4)5)33-56(53)67(44-27-29-48-46-21-14-16-23-50(46)64(11,12)52(48)37-44)58-35-42(62(6,7)8)34-57(60(58)65)66(55)43-26-28-47-45-20-13-15-22-49(45)63(9,10)51(47)36-43/h13-37H,1-12H3. The van der Waals surface area contributed by atoms with Crippen molar-refractivity contribution in [2.45, 2.75) is 105 Å². The van der Waals surface area contributed by atoms with Crippen LogP contribution in [0.5, 0.6) is 0 Å². The van der Waals surface area contributed by atoms with Crippen molar-refractivity contribution in [1.82, 2.24) is 0 Å². The van der Waals surface area contributed by atoms with E-state index in [1.807, 2.05) is 0 Å². The Morgan fingerprint density at radius 1 is 0.403 bits per heavy atom. The quantitative estimate of drug-likeness (QED) is 0.163. The zero-order chi connectivity index (χ0) is 46.7. The van der Waals surface area contributed by atoms with E-state index in [0.29, 0.717) is 0 Å². The summed E-state index contributed by atoms with van der Waals surface area (Å²) < 4.78 is 0. The molecule has 3 heteroatoms. The first-order valence-corrected chi connectivity index (χ1v) is 24.5. The zero-order valence-electron chi connectivity index (χ0n) is 41.4. The van der Waals surface area contributed by atoms with Crippen LogP contribution in [0.2, 0.25) is 0 Å². The molecule has 0 bridgehead atoms. The SMILES string of the molecule is Cc1cccc(C)c1-c1ccc2c(c1)B1c3ccc(C(C)(C)C)cc3N(c3ccc4c(c3)C(C)(C)c3ccccc3-4)c3cc(C(C)(C)C)cc(c31)N2c1ccc2c(c1)C(C)(C)c1ccccc1-2. The van der Waals surface area contributed by atoms with Crippen molar-refractivity contribution < 1.29 is 0 Å². The van der Waals surface area contributed by atoms with E-state index in [2.05, 4.69) is 245 Å². The van der Waals surface area contributed by atoms with Gasteiger partial charge in [0.25, 0.3) is 6.71 Å². The molecule has 2 aliphatic heterocycles. The Morgan fingerprint density at radius 2 is 0.896 bits per heavy atom. The topological polar surface area (TPSA) is 6.48 Å². The van der Waals surface area contributed by atoms with Crippen LogP contribution in [0.4, 0.5) is 34.1 Å². The van der Waals surface area contributed by atoms with Crippen molar-refractivity contribution in [2.24, 2.45) is 0 Å². The van der Waals surface area contributed by atoms with Crippen molar-refractivity contribution in [3.8, 4) is 33.4 Å². The summed E-state index contributed by atoms with van der Waals surface area (Å²) in [7, 11) is 0. The second kappa shape index (κ2) is 14.0. The number of hydrogen-bond acceptors (Lipinski definition) is 2. The lowest BCUT2D eigenvalue weighted by molar-refractivity contribution is 0.590. The molecule has 67 heavy (non-hydrogen) atoms. The third kappa shape index (κ3) is 5.95. The van der Waals surface area contributed by atoms with Gasteiger partial charge < -0.3 is 9.80 Å². The van der Waals surface area contributed by atoms with Crippen LogP contribution in [0.3, 0.4) is 0 Å². The van der Waals surface area contributed by atoms with E-state index in [1.54, 1.807) is 0 Å². The molecule has 2 aliphatic carbocycles. The minimum Gasteiger partial charge on any atom is -0.311 e. The Labute approximate surface area is 399 Å². The van der Waals surface area contributed by atoms with Crippen LogP contribution in [-0.2, 0) is 21.7 Å². The molecule has 8 aromatic carbocycles. The number of hydrogen-bond donors (Lipinski definition) is 0. The summed E-state index contributed by atoms with van der Waals surface area (Å²) in [6, 6.07) is 59.2. The largest absolute Gasteiger partial charge is 0.311 e. The van der Waals surface area contributed by atoms with Crippen molar-refractivity contribution in [3.63, 3.8) is 0 Å². The van der Waals surface area contributed by atoms with Crippen LogP contribution in [0.1, 0.15) is 114 Å². The smallest absolute Gasteiger partial charge is 0.252 e. The fourth-order valence-corrected chi connectivity index (χ4v) is 12.5. The molecule has 12 rings (SSSR count). The highest BCUT2D eigenvalue weighted by atomic mass is 15.2. The molecule has 0 fully saturated rings. The number of nitrogens with zero attached hydrogens (tertiary/aromatic N) is 2. The summed E-state index contributed by atoms with van der Waals surface area (Å²) in [5, 5.41) is 0. The summed E-state index contributed by atoms with van der Waals surface area (Å²) in [6.45, 7) is 28.3. The fourth-order valence-electron chi connectivity index (χ4n) is 12.5. The van der Waals surface area contributed by atoms with E-state index in [1.165, 1.54) is 128 Å². The summed E-state index contributed by atoms with van der Waals surface area (Å²) in [6.07, 6.45) is 0. The maximum absolute atomic E-state index is 2.65. The van der Waals surface area contributed by atoms with Crippen LogP contribution in [0, 0.1) is 13.8 Å². The van der Waals surface area contributed by atoms with Gasteiger partial charge in [-0.05, 0) is 167 Å². The highest BCUT2D eigenvalue weighted by Crippen LogP contribution is 2.54. The zero-order valence-corrected chi connectivity index (χ0v) is 41.4. The van der Waals surface area contributed by atoms with Gasteiger partial charge in [0, 0.05) is 45.0 Å². The number of benzene rings is 8. The van der Waals surface area contributed by atoms with E-state index in [-0.39, 0.29) is 28.4 Å². The van der Waals surface area contributed by atoms with Gasteiger partial charge in [0.1, 0.15) is 0 Å². The highest BCUT2D eigenvalue weighted by Gasteiger charge is 2.46. The third-order valence-corrected chi connectivity index (χ3v) is 16.2. The van der Waals surface area contributed by atoms with E-state index in [9.17, 15) is 0 Å². The molecular weight excluding hydrogens is 808 g/mol. The summed E-state index contributed by atoms with van der Waals surface area (Å²) >= 11 is 0. The molecule has 0 aromatic heterocycles. The van der Waals surface area contributed by atoms with Gasteiger partial charge in [-0.15, -0.1) is 0 Å². The molecule has 0 radical (unpaired) electrons. The van der Waals surface area contributed by atoms with Crippen molar-refractivity contribution in [3.05, 3.63) is 196 Å². The number of rotatable bonds is 3. The molecule has 2 heterocycles. The number of anilines is 6. The normalized spacial score (nSPS) is 15.6. The third-order valence-electron chi connectivity index (χ3n) is 16.2. The maximum Gasteiger partial charge on any atom is 0.252 e. The first-order valence-electron chi connectivity index (χ1n) is 24.5. The Hall–Kier alpha value is -6.58. The molecule has 8 aromatic rings. The fraction of sp³-hybridized carbons (Fsp3) is 0.250. The average molecular weight is 869 g/mol. The van der Waals surface area contributed by atoms with Crippen molar-refractivity contribution in [2.75, 3.05) is 9.80 Å². The van der Waals surface area contributed by atoms with Crippen LogP contribution < -0.4 is 26.2 Å². The summed E-state index contributed by atoms with van der Waals surface area (Å²) in [4.78, 5) is 5.28. The first kappa shape index (κ1) is 41.8. The summed E-state index contributed by atoms with van der Waals surface area (Å²) in [5.74, 6) is 0.